The zero-order chi connectivity index (χ0) is 73.4. The molecule has 0 N–H and O–H groups in total. The van der Waals surface area contributed by atoms with E-state index < -0.39 is 5.97 Å². The molecule has 0 aliphatic heterocycles. The Kier molecular flexibility index (Phi) is 96.2. The van der Waals surface area contributed by atoms with Crippen LogP contribution in [0.3, 0.4) is 0 Å². The maximum absolute atomic E-state index is 11.0. The fourth-order valence-electron chi connectivity index (χ4n) is 5.14. The first-order valence-electron chi connectivity index (χ1n) is 33.1. The number of carbonyl (C=O) groups is 6. The van der Waals surface area contributed by atoms with E-state index in [9.17, 15) is 28.8 Å². The largest absolute Gasteiger partial charge is 0.460 e. The third-order valence-corrected chi connectivity index (χ3v) is 9.92. The molecule has 97 heavy (non-hydrogen) atoms. The quantitative estimate of drug-likeness (QED) is 0.0237. The molecule has 0 radical (unpaired) electrons. The molecule has 0 aromatic rings. The van der Waals surface area contributed by atoms with Gasteiger partial charge in [-0.2, -0.15) is 0 Å². The van der Waals surface area contributed by atoms with E-state index >= 15 is 0 Å². The molecule has 0 bridgehead atoms. The van der Waals surface area contributed by atoms with Crippen LogP contribution in [0.5, 0.6) is 0 Å². The number of esters is 6. The van der Waals surface area contributed by atoms with E-state index in [4.69, 9.17) is 94.7 Å². The Morgan fingerprint density at radius 2 is 0.258 bits per heavy atom. The van der Waals surface area contributed by atoms with E-state index in [1.165, 1.54) is 0 Å². The highest BCUT2D eigenvalue weighted by atomic mass is 16.6. The van der Waals surface area contributed by atoms with Gasteiger partial charge in [-0.05, 0) is 80.1 Å². The summed E-state index contributed by atoms with van der Waals surface area (Å²) in [5, 5.41) is 0. The number of hydrogen-bond acceptors (Lipinski definition) is 26. The van der Waals surface area contributed by atoms with Gasteiger partial charge in [-0.3, -0.25) is 0 Å². The highest BCUT2D eigenvalue weighted by Gasteiger charge is 2.07. The van der Waals surface area contributed by atoms with E-state index in [2.05, 4.69) is 67.2 Å². The van der Waals surface area contributed by atoms with Crippen molar-refractivity contribution in [2.75, 3.05) is 225 Å². The van der Waals surface area contributed by atoms with Crippen LogP contribution in [0.2, 0.25) is 0 Å². The topological polar surface area (TPSA) is 287 Å². The van der Waals surface area contributed by atoms with Crippen molar-refractivity contribution >= 4 is 35.8 Å². The average Bonchev–Trinajstić information content (AvgIpc) is 3.71. The summed E-state index contributed by atoms with van der Waals surface area (Å²) in [5.74, 6) is -2.24. The minimum Gasteiger partial charge on any atom is -0.460 e. The third kappa shape index (κ3) is 99.5. The molecule has 0 heterocycles. The van der Waals surface area contributed by atoms with Crippen LogP contribution in [0.4, 0.5) is 0 Å². The van der Waals surface area contributed by atoms with E-state index in [0.29, 0.717) is 205 Å². The first-order chi connectivity index (χ1) is 46.1. The van der Waals surface area contributed by atoms with Gasteiger partial charge in [-0.1, -0.05) is 88.4 Å². The van der Waals surface area contributed by atoms with Crippen molar-refractivity contribution in [1.82, 2.24) is 0 Å². The van der Waals surface area contributed by atoms with Crippen LogP contribution in [0, 0.1) is 0 Å². The number of carbonyl (C=O) groups excluding carboxylic acids is 6. The highest BCUT2D eigenvalue weighted by Crippen LogP contribution is 1.98. The summed E-state index contributed by atoms with van der Waals surface area (Å²) in [6.45, 7) is 60.1. The van der Waals surface area contributed by atoms with Crippen LogP contribution in [0.25, 0.3) is 0 Å². The molecule has 0 aromatic carbocycles. The number of ether oxygens (including phenoxy) is 20. The van der Waals surface area contributed by atoms with Crippen molar-refractivity contribution in [1.29, 1.82) is 0 Å². The smallest absolute Gasteiger partial charge is 0.333 e. The third-order valence-electron chi connectivity index (χ3n) is 9.92. The van der Waals surface area contributed by atoms with Gasteiger partial charge in [0.1, 0.15) is 39.6 Å². The Bertz CT molecular complexity index is 1810. The second-order valence-electron chi connectivity index (χ2n) is 20.1. The Labute approximate surface area is 583 Å². The normalized spacial score (nSPS) is 10.0. The SMILES string of the molecule is C.C=C(C)C(=O)OCCOCCC.C=C(C)C(=O)OCCOCCC.C=C(C)C(=O)OCCOCCOCCC.C=C(C)C(=O)OCCOCCOCCOCCC.C=C(C)C(=O)OCCOCCOCCOCCC.C=C(C)C(=O)OCCOCCOCCOCCOCCC. The summed E-state index contributed by atoms with van der Waals surface area (Å²) < 4.78 is 102. The van der Waals surface area contributed by atoms with Crippen LogP contribution in [0.15, 0.2) is 72.9 Å². The molecular weight excluding hydrogens is 1270 g/mol. The summed E-state index contributed by atoms with van der Waals surface area (Å²) in [7, 11) is 0. The second kappa shape index (κ2) is 88.7. The molecule has 0 rings (SSSR count). The minimum atomic E-state index is -0.394. The zero-order valence-electron chi connectivity index (χ0n) is 61.1. The van der Waals surface area contributed by atoms with Crippen LogP contribution in [-0.2, 0) is 124 Å². The Hall–Kier alpha value is -5.30. The fraction of sp³-hybridized carbons (Fsp3) is 0.746. The standard InChI is InChI=1S/C15H28O6.2C13H24O5.C11H20O4.2C9H16O3.CH4/c1-4-5-17-6-7-18-8-9-19-10-11-20-12-13-21-15(16)14(2)3;2*1-4-5-15-6-7-16-8-9-17-10-11-18-13(14)12(2)3;1-4-5-13-6-7-14-8-9-15-11(12)10(2)3;2*1-4-5-11-6-7-12-9(10)8(2)3;/h2,4-13H2,1,3H3;2*2,4-11H2,1,3H3;2,4-9H2,1,3H3;2*2,4-7H2,1,3H3;1H4. The molecule has 0 aromatic heterocycles. The van der Waals surface area contributed by atoms with Gasteiger partial charge in [0.15, 0.2) is 0 Å². The lowest BCUT2D eigenvalue weighted by atomic mass is 10.4. The van der Waals surface area contributed by atoms with Gasteiger partial charge in [0.25, 0.3) is 0 Å². The summed E-state index contributed by atoms with van der Waals surface area (Å²) in [6.07, 6.45) is 6.03. The van der Waals surface area contributed by atoms with E-state index in [1.807, 2.05) is 13.8 Å². The summed E-state index contributed by atoms with van der Waals surface area (Å²) >= 11 is 0. The molecule has 0 aliphatic carbocycles. The Balaban J connectivity index is -0.000000202. The maximum atomic E-state index is 11.0. The fourth-order valence-corrected chi connectivity index (χ4v) is 5.14. The van der Waals surface area contributed by atoms with Crippen molar-refractivity contribution in [2.24, 2.45) is 0 Å². The van der Waals surface area contributed by atoms with Gasteiger partial charge in [-0.25, -0.2) is 28.8 Å². The Morgan fingerprint density at radius 1 is 0.175 bits per heavy atom. The van der Waals surface area contributed by atoms with Gasteiger partial charge >= 0.3 is 35.8 Å². The molecular formula is C71H132O26. The molecule has 0 atom stereocenters. The number of rotatable bonds is 60. The van der Waals surface area contributed by atoms with Gasteiger partial charge < -0.3 is 94.7 Å². The maximum Gasteiger partial charge on any atom is 0.333 e. The summed E-state index contributed by atoms with van der Waals surface area (Å²) in [6, 6.07) is 0. The second-order valence-corrected chi connectivity index (χ2v) is 20.1. The number of hydrogen-bond donors (Lipinski definition) is 0. The molecule has 572 valence electrons. The average molecular weight is 1400 g/mol. The molecule has 26 heteroatoms. The monoisotopic (exact) mass is 1400 g/mol. The molecule has 0 fully saturated rings. The van der Waals surface area contributed by atoms with Crippen LogP contribution >= 0.6 is 0 Å². The molecule has 0 unspecified atom stereocenters. The van der Waals surface area contributed by atoms with E-state index in [-0.39, 0.29) is 63.7 Å². The molecule has 0 aliphatic rings. The van der Waals surface area contributed by atoms with E-state index in [0.717, 1.165) is 65.0 Å². The predicted molar refractivity (Wildman–Crippen MR) is 375 cm³/mol. The van der Waals surface area contributed by atoms with Crippen molar-refractivity contribution in [3.8, 4) is 0 Å². The highest BCUT2D eigenvalue weighted by molar-refractivity contribution is 5.88. The first-order valence-corrected chi connectivity index (χ1v) is 33.1. The summed E-state index contributed by atoms with van der Waals surface area (Å²) in [4.78, 5) is 65.5. The van der Waals surface area contributed by atoms with Crippen LogP contribution in [-0.4, -0.2) is 260 Å². The molecule has 0 spiro atoms. The van der Waals surface area contributed by atoms with Gasteiger partial charge in [0.2, 0.25) is 0 Å². The van der Waals surface area contributed by atoms with Gasteiger partial charge in [0, 0.05) is 73.1 Å². The molecule has 0 amide bonds. The van der Waals surface area contributed by atoms with Crippen LogP contribution in [0.1, 0.15) is 129 Å². The minimum absolute atomic E-state index is 0. The van der Waals surface area contributed by atoms with Gasteiger partial charge in [-0.15, -0.1) is 0 Å². The van der Waals surface area contributed by atoms with E-state index in [1.54, 1.807) is 41.5 Å². The Morgan fingerprint density at radius 3 is 0.340 bits per heavy atom. The first kappa shape index (κ1) is 105. The lowest BCUT2D eigenvalue weighted by molar-refractivity contribution is -0.141. The molecule has 26 nitrogen and oxygen atoms in total. The summed E-state index contributed by atoms with van der Waals surface area (Å²) in [5.41, 5.74) is 2.42. The van der Waals surface area contributed by atoms with Crippen molar-refractivity contribution in [3.05, 3.63) is 72.9 Å². The van der Waals surface area contributed by atoms with Gasteiger partial charge in [0.05, 0.1) is 145 Å². The lowest BCUT2D eigenvalue weighted by Crippen LogP contribution is -2.14. The van der Waals surface area contributed by atoms with Crippen molar-refractivity contribution < 1.29 is 124 Å². The van der Waals surface area contributed by atoms with Crippen molar-refractivity contribution in [3.63, 3.8) is 0 Å². The zero-order valence-corrected chi connectivity index (χ0v) is 61.1. The van der Waals surface area contributed by atoms with Crippen molar-refractivity contribution in [2.45, 2.75) is 129 Å². The van der Waals surface area contributed by atoms with Crippen LogP contribution < -0.4 is 0 Å². The predicted octanol–water partition coefficient (Wildman–Crippen LogP) is 9.96. The molecule has 0 saturated carbocycles. The molecule has 0 saturated heterocycles. The lowest BCUT2D eigenvalue weighted by Gasteiger charge is -2.07.